The molecule has 2 nitrogen and oxygen atoms in total. The van der Waals surface area contributed by atoms with Crippen molar-refractivity contribution in [1.82, 2.24) is 0 Å². The molecule has 0 fully saturated rings. The second kappa shape index (κ2) is 9.79. The van der Waals surface area contributed by atoms with Crippen LogP contribution in [-0.4, -0.2) is 33.6 Å². The Morgan fingerprint density at radius 1 is 1.40 bits per heavy atom. The van der Waals surface area contributed by atoms with Crippen LogP contribution in [0.15, 0.2) is 0 Å². The van der Waals surface area contributed by atoms with E-state index in [0.717, 1.165) is 0 Å². The van der Waals surface area contributed by atoms with Crippen molar-refractivity contribution in [2.45, 2.75) is 17.9 Å². The summed E-state index contributed by atoms with van der Waals surface area (Å²) in [5.74, 6) is 0.333. The Morgan fingerprint density at radius 2 is 1.60 bits per heavy atom. The second-order valence-corrected chi connectivity index (χ2v) is 3.16. The van der Waals surface area contributed by atoms with Crippen molar-refractivity contribution in [3.05, 3.63) is 0 Å². The molecule has 10 heavy (non-hydrogen) atoms. The van der Waals surface area contributed by atoms with Crippen LogP contribution in [0.5, 0.6) is 0 Å². The SMILES string of the molecule is CC(O)CCl.OCC(Cl)Cl. The van der Waals surface area contributed by atoms with E-state index in [-0.39, 0.29) is 12.7 Å². The molecule has 0 aliphatic rings. The minimum atomic E-state index is -0.616. The molecule has 0 aromatic carbocycles. The van der Waals surface area contributed by atoms with Crippen LogP contribution in [0.1, 0.15) is 6.92 Å². The molecular weight excluding hydrogens is 198 g/mol. The minimum Gasteiger partial charge on any atom is -0.394 e. The first-order valence-electron chi connectivity index (χ1n) is 2.67. The van der Waals surface area contributed by atoms with Gasteiger partial charge < -0.3 is 10.2 Å². The summed E-state index contributed by atoms with van der Waals surface area (Å²) in [7, 11) is 0. The molecule has 1 unspecified atom stereocenters. The van der Waals surface area contributed by atoms with Crippen molar-refractivity contribution >= 4 is 34.8 Å². The third kappa shape index (κ3) is 23.2. The molecule has 0 radical (unpaired) electrons. The van der Waals surface area contributed by atoms with E-state index in [2.05, 4.69) is 0 Å². The first kappa shape index (κ1) is 13.4. The quantitative estimate of drug-likeness (QED) is 0.675. The van der Waals surface area contributed by atoms with Crippen LogP contribution < -0.4 is 0 Å². The van der Waals surface area contributed by atoms with Gasteiger partial charge in [0.05, 0.1) is 12.7 Å². The van der Waals surface area contributed by atoms with Crippen LogP contribution in [-0.2, 0) is 0 Å². The molecule has 64 valence electrons. The summed E-state index contributed by atoms with van der Waals surface area (Å²) in [6.45, 7) is 1.48. The Labute approximate surface area is 75.7 Å². The molecule has 0 rings (SSSR count). The molecule has 0 aliphatic carbocycles. The monoisotopic (exact) mass is 208 g/mol. The van der Waals surface area contributed by atoms with Gasteiger partial charge in [0, 0.05) is 5.88 Å². The van der Waals surface area contributed by atoms with E-state index < -0.39 is 4.84 Å². The number of halogens is 3. The van der Waals surface area contributed by atoms with Crippen molar-refractivity contribution in [2.24, 2.45) is 0 Å². The molecule has 0 saturated carbocycles. The first-order valence-corrected chi connectivity index (χ1v) is 4.08. The first-order chi connectivity index (χ1) is 4.54. The summed E-state index contributed by atoms with van der Waals surface area (Å²) in [4.78, 5) is -0.616. The van der Waals surface area contributed by atoms with Crippen molar-refractivity contribution in [2.75, 3.05) is 12.5 Å². The smallest absolute Gasteiger partial charge is 0.130 e. The van der Waals surface area contributed by atoms with Crippen molar-refractivity contribution < 1.29 is 10.2 Å². The molecule has 2 N–H and O–H groups in total. The third-order valence-electron chi connectivity index (χ3n) is 0.361. The number of aliphatic hydroxyl groups is 2. The zero-order chi connectivity index (χ0) is 8.57. The predicted molar refractivity (Wildman–Crippen MR) is 45.0 cm³/mol. The zero-order valence-corrected chi connectivity index (χ0v) is 7.87. The minimum absolute atomic E-state index is 0.164. The van der Waals surface area contributed by atoms with Gasteiger partial charge in [0.1, 0.15) is 4.84 Å². The van der Waals surface area contributed by atoms with Crippen molar-refractivity contribution in [3.63, 3.8) is 0 Å². The summed E-state index contributed by atoms with van der Waals surface area (Å²) in [6, 6.07) is 0. The fourth-order valence-electron chi connectivity index (χ4n) is 0. The third-order valence-corrected chi connectivity index (χ3v) is 1.08. The van der Waals surface area contributed by atoms with Gasteiger partial charge in [-0.15, -0.1) is 34.8 Å². The number of alkyl halides is 3. The zero-order valence-electron chi connectivity index (χ0n) is 5.60. The van der Waals surface area contributed by atoms with Crippen molar-refractivity contribution in [1.29, 1.82) is 0 Å². The number of hydrogen-bond donors (Lipinski definition) is 2. The molecule has 0 bridgehead atoms. The topological polar surface area (TPSA) is 40.5 Å². The lowest BCUT2D eigenvalue weighted by Crippen LogP contribution is -1.98. The largest absolute Gasteiger partial charge is 0.394 e. The fraction of sp³-hybridized carbons (Fsp3) is 1.00. The Hall–Kier alpha value is 0.790. The average molecular weight is 210 g/mol. The Bertz CT molecular complexity index is 50.9. The maximum absolute atomic E-state index is 8.23. The normalized spacial score (nSPS) is 12.3. The van der Waals surface area contributed by atoms with Crippen LogP contribution in [0, 0.1) is 0 Å². The average Bonchev–Trinajstić information content (AvgIpc) is 1.89. The van der Waals surface area contributed by atoms with Crippen LogP contribution in [0.4, 0.5) is 0 Å². The highest BCUT2D eigenvalue weighted by Crippen LogP contribution is 1.96. The van der Waals surface area contributed by atoms with E-state index in [9.17, 15) is 0 Å². The fourth-order valence-corrected chi connectivity index (χ4v) is 0. The standard InChI is InChI=1S/C3H7ClO.C2H4Cl2O/c1-3(5)2-4;3-2(4)1-5/h3,5H,2H2,1H3;2,5H,1H2. The molecule has 5 heteroatoms. The lowest BCUT2D eigenvalue weighted by Gasteiger charge is -1.88. The van der Waals surface area contributed by atoms with Gasteiger partial charge in [0.25, 0.3) is 0 Å². The summed E-state index contributed by atoms with van der Waals surface area (Å²) < 4.78 is 0. The van der Waals surface area contributed by atoms with Crippen LogP contribution in [0.2, 0.25) is 0 Å². The van der Waals surface area contributed by atoms with Gasteiger partial charge in [0.2, 0.25) is 0 Å². The Morgan fingerprint density at radius 3 is 1.60 bits per heavy atom. The lowest BCUT2D eigenvalue weighted by atomic mass is 10.5. The highest BCUT2D eigenvalue weighted by Gasteiger charge is 1.88. The Balaban J connectivity index is 0. The number of rotatable bonds is 2. The highest BCUT2D eigenvalue weighted by molar-refractivity contribution is 6.44. The van der Waals surface area contributed by atoms with E-state index in [0.29, 0.717) is 5.88 Å². The van der Waals surface area contributed by atoms with E-state index in [4.69, 9.17) is 45.0 Å². The van der Waals surface area contributed by atoms with Gasteiger partial charge in [-0.05, 0) is 6.92 Å². The van der Waals surface area contributed by atoms with Crippen LogP contribution in [0.3, 0.4) is 0 Å². The van der Waals surface area contributed by atoms with E-state index >= 15 is 0 Å². The predicted octanol–water partition coefficient (Wildman–Crippen LogP) is 1.39. The molecule has 0 spiro atoms. The molecule has 0 aromatic rings. The number of aliphatic hydroxyl groups excluding tert-OH is 2. The van der Waals surface area contributed by atoms with E-state index in [1.54, 1.807) is 6.92 Å². The van der Waals surface area contributed by atoms with E-state index in [1.165, 1.54) is 0 Å². The van der Waals surface area contributed by atoms with Gasteiger partial charge in [0.15, 0.2) is 0 Å². The molecule has 0 aliphatic heterocycles. The van der Waals surface area contributed by atoms with Crippen molar-refractivity contribution in [3.8, 4) is 0 Å². The van der Waals surface area contributed by atoms with Gasteiger partial charge >= 0.3 is 0 Å². The summed E-state index contributed by atoms with van der Waals surface area (Å²) in [5, 5.41) is 16.1. The number of hydrogen-bond acceptors (Lipinski definition) is 2. The maximum Gasteiger partial charge on any atom is 0.130 e. The molecule has 0 heterocycles. The summed E-state index contributed by atoms with van der Waals surface area (Å²) >= 11 is 15.0. The highest BCUT2D eigenvalue weighted by atomic mass is 35.5. The van der Waals surface area contributed by atoms with Gasteiger partial charge in [-0.2, -0.15) is 0 Å². The molecular formula is C5H11Cl3O2. The summed E-state index contributed by atoms with van der Waals surface area (Å²) in [6.07, 6.45) is -0.350. The van der Waals surface area contributed by atoms with Gasteiger partial charge in [-0.25, -0.2) is 0 Å². The molecule has 0 aromatic heterocycles. The van der Waals surface area contributed by atoms with Gasteiger partial charge in [-0.3, -0.25) is 0 Å². The summed E-state index contributed by atoms with van der Waals surface area (Å²) in [5.41, 5.74) is 0. The van der Waals surface area contributed by atoms with Crippen LogP contribution in [0.25, 0.3) is 0 Å². The second-order valence-electron chi connectivity index (χ2n) is 1.58. The van der Waals surface area contributed by atoms with E-state index in [1.807, 2.05) is 0 Å². The van der Waals surface area contributed by atoms with Gasteiger partial charge in [-0.1, -0.05) is 0 Å². The Kier molecular flexibility index (Phi) is 13.1. The van der Waals surface area contributed by atoms with Crippen LogP contribution >= 0.6 is 34.8 Å². The lowest BCUT2D eigenvalue weighted by molar-refractivity contribution is 0.219. The molecule has 0 amide bonds. The molecule has 1 atom stereocenters. The maximum atomic E-state index is 8.23. The molecule has 0 saturated heterocycles.